The molecule has 1 aromatic rings. The van der Waals surface area contributed by atoms with E-state index in [1.807, 2.05) is 0 Å². The van der Waals surface area contributed by atoms with Crippen molar-refractivity contribution in [3.63, 3.8) is 0 Å². The topological polar surface area (TPSA) is 75.6 Å². The van der Waals surface area contributed by atoms with Gasteiger partial charge in [-0.05, 0) is 24.3 Å². The van der Waals surface area contributed by atoms with Crippen LogP contribution in [0.2, 0.25) is 0 Å². The number of carboxylic acid groups (broad SMARTS) is 1. The molecule has 2 N–H and O–H groups in total. The SMILES string of the molecule is O=C(O)COCC(=O)Nc1ccc(F)cc1. The molecule has 5 nitrogen and oxygen atoms in total. The maximum Gasteiger partial charge on any atom is 0.329 e. The fourth-order valence-corrected chi connectivity index (χ4v) is 0.961. The van der Waals surface area contributed by atoms with Crippen LogP contribution in [0.4, 0.5) is 10.1 Å². The van der Waals surface area contributed by atoms with Crippen molar-refractivity contribution in [3.8, 4) is 0 Å². The number of hydrogen-bond acceptors (Lipinski definition) is 3. The highest BCUT2D eigenvalue weighted by atomic mass is 19.1. The largest absolute Gasteiger partial charge is 0.480 e. The molecule has 0 spiro atoms. The Morgan fingerprint density at radius 3 is 2.44 bits per heavy atom. The van der Waals surface area contributed by atoms with E-state index in [-0.39, 0.29) is 6.61 Å². The Labute approximate surface area is 90.8 Å². The molecule has 0 heterocycles. The van der Waals surface area contributed by atoms with Gasteiger partial charge >= 0.3 is 5.97 Å². The Hall–Kier alpha value is -1.95. The molecule has 0 fully saturated rings. The average Bonchev–Trinajstić information content (AvgIpc) is 2.21. The summed E-state index contributed by atoms with van der Waals surface area (Å²) in [6.45, 7) is -0.888. The summed E-state index contributed by atoms with van der Waals surface area (Å²) in [5, 5.41) is 10.7. The third kappa shape index (κ3) is 4.52. The zero-order valence-electron chi connectivity index (χ0n) is 8.27. The molecule has 0 aromatic heterocycles. The van der Waals surface area contributed by atoms with E-state index in [0.29, 0.717) is 5.69 Å². The van der Waals surface area contributed by atoms with Crippen LogP contribution in [0.25, 0.3) is 0 Å². The number of anilines is 1. The minimum absolute atomic E-state index is 0.357. The van der Waals surface area contributed by atoms with E-state index in [1.54, 1.807) is 0 Å². The Morgan fingerprint density at radius 2 is 1.88 bits per heavy atom. The van der Waals surface area contributed by atoms with Gasteiger partial charge in [0.1, 0.15) is 19.0 Å². The third-order valence-electron chi connectivity index (χ3n) is 1.59. The van der Waals surface area contributed by atoms with Crippen LogP contribution in [0.3, 0.4) is 0 Å². The van der Waals surface area contributed by atoms with Gasteiger partial charge in [-0.15, -0.1) is 0 Å². The molecule has 0 unspecified atom stereocenters. The summed E-state index contributed by atoms with van der Waals surface area (Å²) in [5.41, 5.74) is 0.422. The van der Waals surface area contributed by atoms with Crippen LogP contribution in [-0.2, 0) is 14.3 Å². The number of hydrogen-bond donors (Lipinski definition) is 2. The second kappa shape index (κ2) is 5.82. The molecule has 1 aromatic carbocycles. The number of amides is 1. The predicted molar refractivity (Wildman–Crippen MR) is 53.5 cm³/mol. The van der Waals surface area contributed by atoms with Crippen LogP contribution in [0.5, 0.6) is 0 Å². The Morgan fingerprint density at radius 1 is 1.25 bits per heavy atom. The number of halogens is 1. The van der Waals surface area contributed by atoms with E-state index >= 15 is 0 Å². The van der Waals surface area contributed by atoms with Crippen molar-refractivity contribution in [1.82, 2.24) is 0 Å². The van der Waals surface area contributed by atoms with E-state index < -0.39 is 24.3 Å². The van der Waals surface area contributed by atoms with Gasteiger partial charge in [0.05, 0.1) is 0 Å². The van der Waals surface area contributed by atoms with Crippen molar-refractivity contribution in [2.45, 2.75) is 0 Å². The van der Waals surface area contributed by atoms with Crippen molar-refractivity contribution in [2.24, 2.45) is 0 Å². The number of rotatable bonds is 5. The van der Waals surface area contributed by atoms with Crippen LogP contribution < -0.4 is 5.32 Å². The zero-order chi connectivity index (χ0) is 12.0. The van der Waals surface area contributed by atoms with Crippen LogP contribution in [0, 0.1) is 5.82 Å². The first kappa shape index (κ1) is 12.1. The van der Waals surface area contributed by atoms with Crippen LogP contribution in [-0.4, -0.2) is 30.2 Å². The maximum atomic E-state index is 12.5. The van der Waals surface area contributed by atoms with E-state index in [2.05, 4.69) is 10.1 Å². The molecule has 1 amide bonds. The molecule has 86 valence electrons. The lowest BCUT2D eigenvalue weighted by Gasteiger charge is -2.04. The van der Waals surface area contributed by atoms with Gasteiger partial charge in [-0.2, -0.15) is 0 Å². The number of carbonyl (C=O) groups is 2. The van der Waals surface area contributed by atoms with Crippen LogP contribution in [0.15, 0.2) is 24.3 Å². The van der Waals surface area contributed by atoms with Gasteiger partial charge in [-0.3, -0.25) is 4.79 Å². The molecular weight excluding hydrogens is 217 g/mol. The van der Waals surface area contributed by atoms with Crippen LogP contribution >= 0.6 is 0 Å². The zero-order valence-corrected chi connectivity index (χ0v) is 8.27. The minimum Gasteiger partial charge on any atom is -0.480 e. The third-order valence-corrected chi connectivity index (χ3v) is 1.59. The van der Waals surface area contributed by atoms with E-state index in [9.17, 15) is 14.0 Å². The normalized spacial score (nSPS) is 9.81. The summed E-state index contributed by atoms with van der Waals surface area (Å²) >= 11 is 0. The highest BCUT2D eigenvalue weighted by Crippen LogP contribution is 2.07. The molecule has 16 heavy (non-hydrogen) atoms. The van der Waals surface area contributed by atoms with Gasteiger partial charge in [0.2, 0.25) is 5.91 Å². The molecule has 0 radical (unpaired) electrons. The van der Waals surface area contributed by atoms with Crippen molar-refractivity contribution < 1.29 is 23.8 Å². The van der Waals surface area contributed by atoms with Gasteiger partial charge < -0.3 is 15.2 Å². The van der Waals surface area contributed by atoms with E-state index in [4.69, 9.17) is 5.11 Å². The monoisotopic (exact) mass is 227 g/mol. The quantitative estimate of drug-likeness (QED) is 0.782. The van der Waals surface area contributed by atoms with Gasteiger partial charge in [0.15, 0.2) is 0 Å². The van der Waals surface area contributed by atoms with Gasteiger partial charge in [0, 0.05) is 5.69 Å². The fraction of sp³-hybridized carbons (Fsp3) is 0.200. The smallest absolute Gasteiger partial charge is 0.329 e. The molecule has 6 heteroatoms. The van der Waals surface area contributed by atoms with Crippen molar-refractivity contribution in [1.29, 1.82) is 0 Å². The number of benzene rings is 1. The summed E-state index contributed by atoms with van der Waals surface area (Å²) < 4.78 is 17.1. The number of aliphatic carboxylic acids is 1. The summed E-state index contributed by atoms with van der Waals surface area (Å²) in [6, 6.07) is 5.19. The van der Waals surface area contributed by atoms with Gasteiger partial charge in [-0.25, -0.2) is 9.18 Å². The maximum absolute atomic E-state index is 12.5. The number of carbonyl (C=O) groups excluding carboxylic acids is 1. The first-order chi connectivity index (χ1) is 7.58. The number of ether oxygens (including phenoxy) is 1. The van der Waals surface area contributed by atoms with Crippen molar-refractivity contribution in [3.05, 3.63) is 30.1 Å². The highest BCUT2D eigenvalue weighted by molar-refractivity contribution is 5.91. The lowest BCUT2D eigenvalue weighted by atomic mass is 10.3. The first-order valence-electron chi connectivity index (χ1n) is 4.43. The molecule has 0 atom stereocenters. The Bertz CT molecular complexity index is 377. The predicted octanol–water partition coefficient (Wildman–Crippen LogP) is 0.865. The van der Waals surface area contributed by atoms with Crippen molar-refractivity contribution >= 4 is 17.6 Å². The summed E-state index contributed by atoms with van der Waals surface area (Å²) in [4.78, 5) is 21.2. The molecule has 0 saturated carbocycles. The molecular formula is C10H10FNO4. The van der Waals surface area contributed by atoms with Gasteiger partial charge in [-0.1, -0.05) is 0 Å². The lowest BCUT2D eigenvalue weighted by molar-refractivity contribution is -0.143. The molecule has 0 bridgehead atoms. The highest BCUT2D eigenvalue weighted by Gasteiger charge is 2.04. The average molecular weight is 227 g/mol. The first-order valence-corrected chi connectivity index (χ1v) is 4.43. The molecule has 1 rings (SSSR count). The fourth-order valence-electron chi connectivity index (χ4n) is 0.961. The lowest BCUT2D eigenvalue weighted by Crippen LogP contribution is -2.20. The summed E-state index contributed by atoms with van der Waals surface area (Å²) in [6.07, 6.45) is 0. The standard InChI is InChI=1S/C10H10FNO4/c11-7-1-3-8(4-2-7)12-9(13)5-16-6-10(14)15/h1-4H,5-6H2,(H,12,13)(H,14,15). The van der Waals surface area contributed by atoms with E-state index in [0.717, 1.165) is 0 Å². The Kier molecular flexibility index (Phi) is 4.41. The minimum atomic E-state index is -1.14. The summed E-state index contributed by atoms with van der Waals surface area (Å²) in [5.74, 6) is -2.04. The number of nitrogens with one attached hydrogen (secondary N) is 1. The van der Waals surface area contributed by atoms with Crippen molar-refractivity contribution in [2.75, 3.05) is 18.5 Å². The number of carboxylic acids is 1. The molecule has 0 aliphatic rings. The second-order valence-corrected chi connectivity index (χ2v) is 2.94. The van der Waals surface area contributed by atoms with Crippen LogP contribution in [0.1, 0.15) is 0 Å². The summed E-state index contributed by atoms with van der Waals surface area (Å²) in [7, 11) is 0. The molecule has 0 aliphatic heterocycles. The van der Waals surface area contributed by atoms with E-state index in [1.165, 1.54) is 24.3 Å². The second-order valence-electron chi connectivity index (χ2n) is 2.94. The molecule has 0 saturated heterocycles. The van der Waals surface area contributed by atoms with Gasteiger partial charge in [0.25, 0.3) is 0 Å². The molecule has 0 aliphatic carbocycles. The Balaban J connectivity index is 2.34.